The van der Waals surface area contributed by atoms with E-state index in [1.807, 2.05) is 16.0 Å². The zero-order chi connectivity index (χ0) is 26.3. The highest BCUT2D eigenvalue weighted by molar-refractivity contribution is 7.89. The van der Waals surface area contributed by atoms with Crippen molar-refractivity contribution in [1.29, 1.82) is 0 Å². The van der Waals surface area contributed by atoms with Gasteiger partial charge in [-0.05, 0) is 67.4 Å². The van der Waals surface area contributed by atoms with Crippen LogP contribution in [-0.4, -0.2) is 51.2 Å². The van der Waals surface area contributed by atoms with Crippen LogP contribution in [0.3, 0.4) is 0 Å². The molecule has 1 N–H and O–H groups in total. The van der Waals surface area contributed by atoms with E-state index in [-0.39, 0.29) is 16.8 Å². The summed E-state index contributed by atoms with van der Waals surface area (Å²) in [7, 11) is -3.65. The number of aromatic nitrogens is 4. The maximum atomic E-state index is 13.6. The fourth-order valence-electron chi connectivity index (χ4n) is 4.62. The summed E-state index contributed by atoms with van der Waals surface area (Å²) >= 11 is 7.43. The van der Waals surface area contributed by atoms with Gasteiger partial charge in [0.25, 0.3) is 0 Å². The van der Waals surface area contributed by atoms with Gasteiger partial charge in [0.2, 0.25) is 16.0 Å². The summed E-state index contributed by atoms with van der Waals surface area (Å²) in [5, 5.41) is 5.76. The first kappa shape index (κ1) is 24.9. The number of rotatable bonds is 6. The van der Waals surface area contributed by atoms with E-state index >= 15 is 0 Å². The maximum Gasteiger partial charge on any atom is 0.243 e. The van der Waals surface area contributed by atoms with Crippen LogP contribution in [0, 0.1) is 5.82 Å². The molecule has 0 aliphatic carbocycles. The van der Waals surface area contributed by atoms with Gasteiger partial charge in [0.05, 0.1) is 16.3 Å². The van der Waals surface area contributed by atoms with Crippen molar-refractivity contribution in [3.63, 3.8) is 0 Å². The molecule has 1 atom stereocenters. The van der Waals surface area contributed by atoms with Crippen molar-refractivity contribution in [3.8, 4) is 22.6 Å². The zero-order valence-electron chi connectivity index (χ0n) is 20.0. The predicted molar refractivity (Wildman–Crippen MR) is 146 cm³/mol. The molecule has 1 aliphatic heterocycles. The Balaban J connectivity index is 1.27. The molecule has 5 aromatic rings. The van der Waals surface area contributed by atoms with Crippen LogP contribution in [0.25, 0.3) is 27.6 Å². The molecule has 38 heavy (non-hydrogen) atoms. The van der Waals surface area contributed by atoms with Gasteiger partial charge in [0.1, 0.15) is 11.5 Å². The van der Waals surface area contributed by atoms with E-state index in [1.54, 1.807) is 36.5 Å². The molecule has 8 nitrogen and oxygen atoms in total. The number of fused-ring (bicyclic) bond motifs is 1. The molecular formula is C26H22ClFN6O2S2. The first-order valence-electron chi connectivity index (χ1n) is 12.0. The number of imidazole rings is 1. The Morgan fingerprint density at radius 2 is 1.84 bits per heavy atom. The minimum absolute atomic E-state index is 0.163. The normalized spacial score (nSPS) is 16.6. The fraction of sp³-hybridized carbons (Fsp3) is 0.192. The highest BCUT2D eigenvalue weighted by Crippen LogP contribution is 2.34. The summed E-state index contributed by atoms with van der Waals surface area (Å²) in [5.74, 6) is 0.0814. The van der Waals surface area contributed by atoms with E-state index in [1.165, 1.54) is 39.9 Å². The summed E-state index contributed by atoms with van der Waals surface area (Å²) in [6.45, 7) is 0.734. The number of hydrogen-bond acceptors (Lipinski definition) is 7. The van der Waals surface area contributed by atoms with Crippen LogP contribution in [-0.2, 0) is 10.0 Å². The van der Waals surface area contributed by atoms with Gasteiger partial charge in [-0.3, -0.25) is 4.40 Å². The van der Waals surface area contributed by atoms with Gasteiger partial charge < -0.3 is 5.32 Å². The van der Waals surface area contributed by atoms with Gasteiger partial charge >= 0.3 is 0 Å². The molecule has 6 rings (SSSR count). The summed E-state index contributed by atoms with van der Waals surface area (Å²) in [5.41, 5.74) is 2.89. The second-order valence-corrected chi connectivity index (χ2v) is 12.2. The molecule has 0 bridgehead atoms. The highest BCUT2D eigenvalue weighted by Gasteiger charge is 2.30. The summed E-state index contributed by atoms with van der Waals surface area (Å²) < 4.78 is 43.4. The molecule has 4 heterocycles. The maximum absolute atomic E-state index is 13.6. The molecule has 1 fully saturated rings. The zero-order valence-corrected chi connectivity index (χ0v) is 22.3. The predicted octanol–water partition coefficient (Wildman–Crippen LogP) is 5.58. The molecule has 0 saturated carbocycles. The number of anilines is 1. The second kappa shape index (κ2) is 10.1. The quantitative estimate of drug-likeness (QED) is 0.287. The van der Waals surface area contributed by atoms with Crippen LogP contribution in [0.4, 0.5) is 10.3 Å². The number of halogens is 2. The topological polar surface area (TPSA) is 92.5 Å². The Labute approximate surface area is 227 Å². The van der Waals surface area contributed by atoms with Crippen molar-refractivity contribution < 1.29 is 12.8 Å². The van der Waals surface area contributed by atoms with E-state index in [9.17, 15) is 12.8 Å². The molecule has 0 spiro atoms. The molecule has 0 radical (unpaired) electrons. The van der Waals surface area contributed by atoms with Crippen molar-refractivity contribution in [1.82, 2.24) is 23.7 Å². The molecule has 0 unspecified atom stereocenters. The number of thiazole rings is 1. The van der Waals surface area contributed by atoms with Crippen LogP contribution in [0.15, 0.2) is 77.3 Å². The molecule has 3 aromatic heterocycles. The molecule has 1 aliphatic rings. The molecule has 12 heteroatoms. The minimum Gasteiger partial charge on any atom is -0.350 e. The third-order valence-electron chi connectivity index (χ3n) is 6.45. The molecule has 0 amide bonds. The van der Waals surface area contributed by atoms with E-state index in [4.69, 9.17) is 21.6 Å². The van der Waals surface area contributed by atoms with Crippen molar-refractivity contribution in [2.75, 3.05) is 18.4 Å². The SMILES string of the molecule is O=S(=O)(c1ccc(Cl)cc1)N1CCC[C@@H](Nc2nccc(-c3c(-c4ccc(F)cc4)nc4sccn34)n2)C1. The smallest absolute Gasteiger partial charge is 0.243 e. The Kier molecular flexibility index (Phi) is 6.60. The third-order valence-corrected chi connectivity index (χ3v) is 9.33. The van der Waals surface area contributed by atoms with Gasteiger partial charge in [-0.15, -0.1) is 11.3 Å². The number of nitrogens with one attached hydrogen (secondary N) is 1. The minimum atomic E-state index is -3.65. The lowest BCUT2D eigenvalue weighted by Gasteiger charge is -2.32. The van der Waals surface area contributed by atoms with Crippen molar-refractivity contribution in [2.45, 2.75) is 23.8 Å². The van der Waals surface area contributed by atoms with Crippen molar-refractivity contribution >= 4 is 43.9 Å². The van der Waals surface area contributed by atoms with Gasteiger partial charge in [-0.1, -0.05) is 11.6 Å². The molecule has 2 aromatic carbocycles. The average molecular weight is 569 g/mol. The Morgan fingerprint density at radius 3 is 2.63 bits per heavy atom. The van der Waals surface area contributed by atoms with Gasteiger partial charge in [0.15, 0.2) is 4.96 Å². The van der Waals surface area contributed by atoms with Crippen molar-refractivity contribution in [2.24, 2.45) is 0 Å². The second-order valence-electron chi connectivity index (χ2n) is 8.94. The first-order chi connectivity index (χ1) is 18.4. The number of piperidine rings is 1. The van der Waals surface area contributed by atoms with Crippen LogP contribution in [0.5, 0.6) is 0 Å². The van der Waals surface area contributed by atoms with Gasteiger partial charge in [0, 0.05) is 47.5 Å². The van der Waals surface area contributed by atoms with Crippen LogP contribution in [0.2, 0.25) is 5.02 Å². The van der Waals surface area contributed by atoms with Crippen molar-refractivity contribution in [3.05, 3.63) is 83.2 Å². The van der Waals surface area contributed by atoms with Crippen LogP contribution in [0.1, 0.15) is 12.8 Å². The van der Waals surface area contributed by atoms with Crippen LogP contribution < -0.4 is 5.32 Å². The van der Waals surface area contributed by atoms with E-state index in [2.05, 4.69) is 10.3 Å². The Bertz CT molecular complexity index is 1700. The summed E-state index contributed by atoms with van der Waals surface area (Å²) in [4.78, 5) is 14.9. The first-order valence-corrected chi connectivity index (χ1v) is 14.7. The van der Waals surface area contributed by atoms with E-state index in [0.29, 0.717) is 41.9 Å². The van der Waals surface area contributed by atoms with Gasteiger partial charge in [-0.2, -0.15) is 4.31 Å². The molecular weight excluding hydrogens is 547 g/mol. The number of hydrogen-bond donors (Lipinski definition) is 1. The van der Waals surface area contributed by atoms with E-state index < -0.39 is 10.0 Å². The largest absolute Gasteiger partial charge is 0.350 e. The molecule has 194 valence electrons. The lowest BCUT2D eigenvalue weighted by atomic mass is 10.1. The number of nitrogens with zero attached hydrogens (tertiary/aromatic N) is 5. The highest BCUT2D eigenvalue weighted by atomic mass is 35.5. The lowest BCUT2D eigenvalue weighted by molar-refractivity contribution is 0.326. The van der Waals surface area contributed by atoms with Crippen LogP contribution >= 0.6 is 22.9 Å². The molecule has 1 saturated heterocycles. The standard InChI is InChI=1S/C26H22ClFN6O2S2/c27-18-5-9-21(10-6-18)38(35,36)33-13-1-2-20(16-33)30-25-29-12-11-22(31-25)24-23(17-3-7-19(28)8-4-17)32-26-34(24)14-15-37-26/h3-12,14-15,20H,1-2,13,16H2,(H,29,30,31)/t20-/m1/s1. The van der Waals surface area contributed by atoms with E-state index in [0.717, 1.165) is 22.6 Å². The Morgan fingerprint density at radius 1 is 1.05 bits per heavy atom. The van der Waals surface area contributed by atoms with Gasteiger partial charge in [-0.25, -0.2) is 27.8 Å². The monoisotopic (exact) mass is 568 g/mol. The number of benzene rings is 2. The fourth-order valence-corrected chi connectivity index (χ4v) is 6.98. The lowest BCUT2D eigenvalue weighted by Crippen LogP contribution is -2.45. The summed E-state index contributed by atoms with van der Waals surface area (Å²) in [6, 6.07) is 14.1. The summed E-state index contributed by atoms with van der Waals surface area (Å²) in [6.07, 6.45) is 5.07. The number of sulfonamides is 1. The average Bonchev–Trinajstić information content (AvgIpc) is 3.51. The third kappa shape index (κ3) is 4.78. The Hall–Kier alpha value is -3.38.